The summed E-state index contributed by atoms with van der Waals surface area (Å²) in [7, 11) is 0. The normalized spacial score (nSPS) is 12.8. The van der Waals surface area contributed by atoms with Gasteiger partial charge in [0.2, 0.25) is 0 Å². The zero-order chi connectivity index (χ0) is 19.0. The van der Waals surface area contributed by atoms with E-state index in [0.717, 1.165) is 6.42 Å². The highest BCUT2D eigenvalue weighted by Gasteiger charge is 2.22. The highest BCUT2D eigenvalue weighted by Crippen LogP contribution is 2.39. The van der Waals surface area contributed by atoms with Crippen LogP contribution in [0.5, 0.6) is 0 Å². The van der Waals surface area contributed by atoms with Crippen molar-refractivity contribution in [2.24, 2.45) is 0 Å². The Balaban J connectivity index is 2.10. The van der Waals surface area contributed by atoms with Gasteiger partial charge in [-0.05, 0) is 57.5 Å². The van der Waals surface area contributed by atoms with Gasteiger partial charge in [0, 0.05) is 34.2 Å². The van der Waals surface area contributed by atoms with Crippen molar-refractivity contribution < 1.29 is 0 Å². The molecule has 0 radical (unpaired) electrons. The molecule has 0 N–H and O–H groups in total. The summed E-state index contributed by atoms with van der Waals surface area (Å²) < 4.78 is 2.39. The van der Waals surface area contributed by atoms with Crippen molar-refractivity contribution in [3.63, 3.8) is 0 Å². The van der Waals surface area contributed by atoms with Gasteiger partial charge < -0.3 is 9.47 Å². The number of fused-ring (bicyclic) bond motifs is 3. The van der Waals surface area contributed by atoms with Gasteiger partial charge in [-0.3, -0.25) is 0 Å². The molecule has 4 rings (SSSR count). The molecule has 27 heavy (non-hydrogen) atoms. The molecule has 0 saturated heterocycles. The van der Waals surface area contributed by atoms with Crippen LogP contribution in [0.3, 0.4) is 0 Å². The van der Waals surface area contributed by atoms with Crippen LogP contribution in [0.25, 0.3) is 27.5 Å². The van der Waals surface area contributed by atoms with Crippen molar-refractivity contribution in [1.29, 1.82) is 0 Å². The average Bonchev–Trinajstić information content (AvgIpc) is 3.03. The third-order valence-corrected chi connectivity index (χ3v) is 5.59. The zero-order valence-electron chi connectivity index (χ0n) is 16.7. The van der Waals surface area contributed by atoms with Crippen LogP contribution in [0.2, 0.25) is 0 Å². The molecule has 2 nitrogen and oxygen atoms in total. The highest BCUT2D eigenvalue weighted by atomic mass is 15.2. The summed E-state index contributed by atoms with van der Waals surface area (Å²) in [5.41, 5.74) is 5.08. The van der Waals surface area contributed by atoms with Crippen molar-refractivity contribution >= 4 is 27.5 Å². The lowest BCUT2D eigenvalue weighted by molar-refractivity contribution is 0.563. The van der Waals surface area contributed by atoms with Crippen LogP contribution in [0.4, 0.5) is 5.69 Å². The predicted molar refractivity (Wildman–Crippen MR) is 118 cm³/mol. The first-order valence-corrected chi connectivity index (χ1v) is 9.99. The molecule has 0 fully saturated rings. The monoisotopic (exact) mass is 356 g/mol. The van der Waals surface area contributed by atoms with Gasteiger partial charge in [-0.1, -0.05) is 49.4 Å². The van der Waals surface area contributed by atoms with Crippen LogP contribution < -0.4 is 4.90 Å². The van der Waals surface area contributed by atoms with E-state index in [1.807, 2.05) is 0 Å². The molecule has 0 aliphatic heterocycles. The molecular formula is C25H28N2. The molecule has 0 aliphatic rings. The van der Waals surface area contributed by atoms with Gasteiger partial charge in [0.15, 0.2) is 0 Å². The first-order chi connectivity index (χ1) is 13.1. The molecular weight excluding hydrogens is 328 g/mol. The fourth-order valence-electron chi connectivity index (χ4n) is 4.29. The Kier molecular flexibility index (Phi) is 4.65. The second kappa shape index (κ2) is 7.11. The van der Waals surface area contributed by atoms with Gasteiger partial charge in [-0.25, -0.2) is 0 Å². The van der Waals surface area contributed by atoms with Crippen molar-refractivity contribution in [3.05, 3.63) is 72.8 Å². The second-order valence-electron chi connectivity index (χ2n) is 7.62. The zero-order valence-corrected chi connectivity index (χ0v) is 16.7. The molecule has 1 atom stereocenters. The minimum absolute atomic E-state index is 0.449. The van der Waals surface area contributed by atoms with Crippen molar-refractivity contribution in [1.82, 2.24) is 4.57 Å². The van der Waals surface area contributed by atoms with Crippen molar-refractivity contribution in [2.45, 2.75) is 46.2 Å². The minimum atomic E-state index is 0.449. The Labute approximate surface area is 162 Å². The van der Waals surface area contributed by atoms with Crippen molar-refractivity contribution in [2.75, 3.05) is 4.90 Å². The lowest BCUT2D eigenvalue weighted by Gasteiger charge is -2.35. The molecule has 1 aromatic heterocycles. The van der Waals surface area contributed by atoms with E-state index in [1.165, 1.54) is 33.2 Å². The van der Waals surface area contributed by atoms with Crippen LogP contribution in [-0.4, -0.2) is 16.7 Å². The highest BCUT2D eigenvalue weighted by molar-refractivity contribution is 6.15. The summed E-state index contributed by atoms with van der Waals surface area (Å²) in [6.45, 7) is 9.19. The SMILES string of the molecule is CCC(C)N(c1cccc2c1c1ccccc1n2-c1ccccc1)C(C)C. The van der Waals surface area contributed by atoms with E-state index in [1.54, 1.807) is 0 Å². The van der Waals surface area contributed by atoms with Gasteiger partial charge in [-0.2, -0.15) is 0 Å². The Hall–Kier alpha value is -2.74. The lowest BCUT2D eigenvalue weighted by Crippen LogP contribution is -2.38. The number of rotatable bonds is 5. The first kappa shape index (κ1) is 17.7. The number of aromatic nitrogens is 1. The summed E-state index contributed by atoms with van der Waals surface area (Å²) in [6, 6.07) is 27.1. The summed E-state index contributed by atoms with van der Waals surface area (Å²) in [5.74, 6) is 0. The smallest absolute Gasteiger partial charge is 0.0561 e. The Morgan fingerprint density at radius 3 is 2.15 bits per heavy atom. The van der Waals surface area contributed by atoms with E-state index in [0.29, 0.717) is 12.1 Å². The van der Waals surface area contributed by atoms with Gasteiger partial charge in [-0.15, -0.1) is 0 Å². The molecule has 1 unspecified atom stereocenters. The van der Waals surface area contributed by atoms with Gasteiger partial charge in [0.05, 0.1) is 11.0 Å². The quantitative estimate of drug-likeness (QED) is 0.382. The number of hydrogen-bond acceptors (Lipinski definition) is 1. The Morgan fingerprint density at radius 1 is 0.778 bits per heavy atom. The standard InChI is InChI=1S/C25H28N2/c1-5-19(4)26(18(2)3)23-16-11-17-24-25(23)21-14-9-10-15-22(21)27(24)20-12-7-6-8-13-20/h6-19H,5H2,1-4H3. The van der Waals surface area contributed by atoms with E-state index < -0.39 is 0 Å². The van der Waals surface area contributed by atoms with Gasteiger partial charge in [0.25, 0.3) is 0 Å². The number of hydrogen-bond donors (Lipinski definition) is 0. The molecule has 138 valence electrons. The van der Waals surface area contributed by atoms with Crippen LogP contribution >= 0.6 is 0 Å². The Bertz CT molecular complexity index is 1060. The van der Waals surface area contributed by atoms with Crippen LogP contribution in [0, 0.1) is 0 Å². The topological polar surface area (TPSA) is 8.17 Å². The van der Waals surface area contributed by atoms with E-state index in [9.17, 15) is 0 Å². The average molecular weight is 357 g/mol. The second-order valence-corrected chi connectivity index (χ2v) is 7.62. The predicted octanol–water partition coefficient (Wildman–Crippen LogP) is 6.80. The van der Waals surface area contributed by atoms with Crippen LogP contribution in [0.15, 0.2) is 72.8 Å². The Morgan fingerprint density at radius 2 is 1.44 bits per heavy atom. The largest absolute Gasteiger partial charge is 0.366 e. The molecule has 4 aromatic rings. The maximum atomic E-state index is 2.57. The minimum Gasteiger partial charge on any atom is -0.366 e. The summed E-state index contributed by atoms with van der Waals surface area (Å²) in [4.78, 5) is 2.57. The van der Waals surface area contributed by atoms with E-state index in [2.05, 4.69) is 110 Å². The summed E-state index contributed by atoms with van der Waals surface area (Å²) in [6.07, 6.45) is 1.13. The number of anilines is 1. The number of nitrogens with zero attached hydrogens (tertiary/aromatic N) is 2. The first-order valence-electron chi connectivity index (χ1n) is 9.99. The molecule has 0 saturated carbocycles. The van der Waals surface area contributed by atoms with E-state index >= 15 is 0 Å². The fraction of sp³-hybridized carbons (Fsp3) is 0.280. The van der Waals surface area contributed by atoms with Crippen LogP contribution in [0.1, 0.15) is 34.1 Å². The van der Waals surface area contributed by atoms with Crippen LogP contribution in [-0.2, 0) is 0 Å². The number of benzene rings is 3. The molecule has 0 amide bonds. The van der Waals surface area contributed by atoms with Crippen molar-refractivity contribution in [3.8, 4) is 5.69 Å². The molecule has 0 bridgehead atoms. The maximum Gasteiger partial charge on any atom is 0.0561 e. The third-order valence-electron chi connectivity index (χ3n) is 5.59. The lowest BCUT2D eigenvalue weighted by atomic mass is 10.1. The molecule has 0 aliphatic carbocycles. The summed E-state index contributed by atoms with van der Waals surface area (Å²) >= 11 is 0. The molecule has 1 heterocycles. The maximum absolute atomic E-state index is 2.57. The number of para-hydroxylation sites is 2. The molecule has 0 spiro atoms. The fourth-order valence-corrected chi connectivity index (χ4v) is 4.29. The van der Waals surface area contributed by atoms with E-state index in [-0.39, 0.29) is 0 Å². The van der Waals surface area contributed by atoms with Gasteiger partial charge in [0.1, 0.15) is 0 Å². The third kappa shape index (κ3) is 2.90. The van der Waals surface area contributed by atoms with Gasteiger partial charge >= 0.3 is 0 Å². The molecule has 2 heteroatoms. The summed E-state index contributed by atoms with van der Waals surface area (Å²) in [5, 5.41) is 2.67. The molecule has 3 aromatic carbocycles. The van der Waals surface area contributed by atoms with E-state index in [4.69, 9.17) is 0 Å².